The van der Waals surface area contributed by atoms with Crippen LogP contribution >= 0.6 is 0 Å². The van der Waals surface area contributed by atoms with Gasteiger partial charge in [0.2, 0.25) is 0 Å². The molecule has 8 nitrogen and oxygen atoms in total. The number of hydrogen-bond donors (Lipinski definition) is 2. The molecule has 2 rings (SSSR count). The lowest BCUT2D eigenvalue weighted by Gasteiger charge is -2.17. The van der Waals surface area contributed by atoms with Crippen molar-refractivity contribution < 1.29 is 28.6 Å². The molecular formula is C21H24N2O6. The highest BCUT2D eigenvalue weighted by molar-refractivity contribution is 5.82. The molecule has 0 spiro atoms. The second-order valence-corrected chi connectivity index (χ2v) is 5.92. The van der Waals surface area contributed by atoms with Gasteiger partial charge < -0.3 is 24.8 Å². The van der Waals surface area contributed by atoms with Crippen molar-refractivity contribution >= 4 is 18.2 Å². The van der Waals surface area contributed by atoms with Gasteiger partial charge in [-0.05, 0) is 44.0 Å². The Hall–Kier alpha value is -3.55. The average molecular weight is 400 g/mol. The van der Waals surface area contributed by atoms with Crippen LogP contribution in [-0.2, 0) is 9.53 Å². The van der Waals surface area contributed by atoms with Crippen molar-refractivity contribution in [3.8, 4) is 11.5 Å². The zero-order valence-corrected chi connectivity index (χ0v) is 16.1. The first-order valence-corrected chi connectivity index (χ1v) is 9.29. The SMILES string of the molecule is CCOC(=O)C(CCCNC(=O)Oc1ccccc1)NC(=O)Oc1ccccc1. The average Bonchev–Trinajstić information content (AvgIpc) is 2.72. The van der Waals surface area contributed by atoms with Crippen molar-refractivity contribution in [1.82, 2.24) is 10.6 Å². The summed E-state index contributed by atoms with van der Waals surface area (Å²) in [5, 5.41) is 5.09. The number of esters is 1. The second kappa shape index (κ2) is 12.0. The van der Waals surface area contributed by atoms with E-state index < -0.39 is 24.2 Å². The van der Waals surface area contributed by atoms with Crippen molar-refractivity contribution in [3.63, 3.8) is 0 Å². The number of amides is 2. The van der Waals surface area contributed by atoms with Gasteiger partial charge >= 0.3 is 18.2 Å². The highest BCUT2D eigenvalue weighted by atomic mass is 16.6. The monoisotopic (exact) mass is 400 g/mol. The van der Waals surface area contributed by atoms with Gasteiger partial charge in [0.05, 0.1) is 6.61 Å². The molecular weight excluding hydrogens is 376 g/mol. The molecule has 0 fully saturated rings. The topological polar surface area (TPSA) is 103 Å². The molecule has 0 aliphatic heterocycles. The Labute approximate surface area is 169 Å². The number of carbonyl (C=O) groups is 3. The van der Waals surface area contributed by atoms with Crippen LogP contribution in [0.15, 0.2) is 60.7 Å². The molecule has 2 aromatic rings. The standard InChI is InChI=1S/C21H24N2O6/c1-2-27-19(24)18(23-21(26)29-17-12-7-4-8-13-17)14-9-15-22-20(25)28-16-10-5-3-6-11-16/h3-8,10-13,18H,2,9,14-15H2,1H3,(H,22,25)(H,23,26). The molecule has 1 unspecified atom stereocenters. The predicted octanol–water partition coefficient (Wildman–Crippen LogP) is 3.28. The highest BCUT2D eigenvalue weighted by Gasteiger charge is 2.22. The number of para-hydroxylation sites is 2. The first kappa shape index (κ1) is 21.7. The zero-order valence-electron chi connectivity index (χ0n) is 16.1. The van der Waals surface area contributed by atoms with E-state index in [1.54, 1.807) is 61.5 Å². The van der Waals surface area contributed by atoms with Crippen LogP contribution in [0.3, 0.4) is 0 Å². The summed E-state index contributed by atoms with van der Waals surface area (Å²) in [6.45, 7) is 2.13. The third-order valence-corrected chi connectivity index (χ3v) is 3.71. The van der Waals surface area contributed by atoms with Crippen LogP contribution in [0.1, 0.15) is 19.8 Å². The Bertz CT molecular complexity index is 782. The number of carbonyl (C=O) groups excluding carboxylic acids is 3. The molecule has 2 N–H and O–H groups in total. The van der Waals surface area contributed by atoms with Crippen molar-refractivity contribution in [2.45, 2.75) is 25.8 Å². The number of nitrogens with one attached hydrogen (secondary N) is 2. The normalized spacial score (nSPS) is 11.1. The van der Waals surface area contributed by atoms with Crippen LogP contribution < -0.4 is 20.1 Å². The largest absolute Gasteiger partial charge is 0.464 e. The summed E-state index contributed by atoms with van der Waals surface area (Å²) < 4.78 is 15.2. The van der Waals surface area contributed by atoms with E-state index in [2.05, 4.69) is 10.6 Å². The highest BCUT2D eigenvalue weighted by Crippen LogP contribution is 2.10. The summed E-state index contributed by atoms with van der Waals surface area (Å²) in [5.74, 6) is 0.224. The molecule has 2 aromatic carbocycles. The van der Waals surface area contributed by atoms with E-state index in [4.69, 9.17) is 14.2 Å². The maximum absolute atomic E-state index is 12.1. The van der Waals surface area contributed by atoms with E-state index >= 15 is 0 Å². The molecule has 8 heteroatoms. The fourth-order valence-electron chi connectivity index (χ4n) is 2.39. The fourth-order valence-corrected chi connectivity index (χ4v) is 2.39. The van der Waals surface area contributed by atoms with E-state index in [1.165, 1.54) is 0 Å². The minimum Gasteiger partial charge on any atom is -0.464 e. The molecule has 0 bridgehead atoms. The van der Waals surface area contributed by atoms with Crippen LogP contribution in [0, 0.1) is 0 Å². The Morgan fingerprint density at radius 1 is 0.862 bits per heavy atom. The Morgan fingerprint density at radius 2 is 1.41 bits per heavy atom. The lowest BCUT2D eigenvalue weighted by Crippen LogP contribution is -2.43. The fraction of sp³-hybridized carbons (Fsp3) is 0.286. The quantitative estimate of drug-likeness (QED) is 0.495. The van der Waals surface area contributed by atoms with E-state index in [0.29, 0.717) is 17.9 Å². The Balaban J connectivity index is 1.77. The summed E-state index contributed by atoms with van der Waals surface area (Å²) >= 11 is 0. The molecule has 0 heterocycles. The Kier molecular flexibility index (Phi) is 9.01. The van der Waals surface area contributed by atoms with Crippen molar-refractivity contribution in [3.05, 3.63) is 60.7 Å². The molecule has 1 atom stereocenters. The van der Waals surface area contributed by atoms with E-state index in [1.807, 2.05) is 6.07 Å². The predicted molar refractivity (Wildman–Crippen MR) is 106 cm³/mol. The van der Waals surface area contributed by atoms with Gasteiger partial charge in [0, 0.05) is 6.54 Å². The lowest BCUT2D eigenvalue weighted by molar-refractivity contribution is -0.145. The molecule has 29 heavy (non-hydrogen) atoms. The first-order valence-electron chi connectivity index (χ1n) is 9.29. The lowest BCUT2D eigenvalue weighted by atomic mass is 10.1. The maximum Gasteiger partial charge on any atom is 0.413 e. The second-order valence-electron chi connectivity index (χ2n) is 5.92. The molecule has 2 amide bonds. The molecule has 0 aromatic heterocycles. The molecule has 0 saturated carbocycles. The first-order chi connectivity index (χ1) is 14.1. The number of benzene rings is 2. The van der Waals surface area contributed by atoms with Gasteiger partial charge in [0.15, 0.2) is 0 Å². The summed E-state index contributed by atoms with van der Waals surface area (Å²) in [4.78, 5) is 35.9. The molecule has 0 saturated heterocycles. The summed E-state index contributed by atoms with van der Waals surface area (Å²) in [6, 6.07) is 16.3. The van der Waals surface area contributed by atoms with Gasteiger partial charge in [-0.3, -0.25) is 0 Å². The maximum atomic E-state index is 12.1. The van der Waals surface area contributed by atoms with Gasteiger partial charge in [-0.15, -0.1) is 0 Å². The van der Waals surface area contributed by atoms with Crippen LogP contribution in [0.25, 0.3) is 0 Å². The van der Waals surface area contributed by atoms with Gasteiger partial charge in [0.25, 0.3) is 0 Å². The van der Waals surface area contributed by atoms with Crippen LogP contribution in [0.4, 0.5) is 9.59 Å². The number of hydrogen-bond acceptors (Lipinski definition) is 6. The van der Waals surface area contributed by atoms with Crippen LogP contribution in [-0.4, -0.2) is 37.3 Å². The third-order valence-electron chi connectivity index (χ3n) is 3.71. The summed E-state index contributed by atoms with van der Waals surface area (Å²) in [5.41, 5.74) is 0. The van der Waals surface area contributed by atoms with E-state index in [0.717, 1.165) is 0 Å². The third kappa shape index (κ3) is 8.34. The van der Waals surface area contributed by atoms with Gasteiger partial charge in [-0.25, -0.2) is 14.4 Å². The van der Waals surface area contributed by atoms with Gasteiger partial charge in [-0.2, -0.15) is 0 Å². The minimum atomic E-state index is -0.891. The van der Waals surface area contributed by atoms with E-state index in [9.17, 15) is 14.4 Å². The number of rotatable bonds is 9. The van der Waals surface area contributed by atoms with Crippen molar-refractivity contribution in [1.29, 1.82) is 0 Å². The molecule has 0 aliphatic rings. The minimum absolute atomic E-state index is 0.187. The zero-order chi connectivity index (χ0) is 20.9. The van der Waals surface area contributed by atoms with Crippen LogP contribution in [0.5, 0.6) is 11.5 Å². The molecule has 0 aliphatic carbocycles. The molecule has 0 radical (unpaired) electrons. The summed E-state index contributed by atoms with van der Waals surface area (Å²) in [6.07, 6.45) is -0.682. The van der Waals surface area contributed by atoms with E-state index in [-0.39, 0.29) is 19.6 Å². The van der Waals surface area contributed by atoms with Crippen molar-refractivity contribution in [2.24, 2.45) is 0 Å². The summed E-state index contributed by atoms with van der Waals surface area (Å²) in [7, 11) is 0. The van der Waals surface area contributed by atoms with Crippen LogP contribution in [0.2, 0.25) is 0 Å². The van der Waals surface area contributed by atoms with Gasteiger partial charge in [0.1, 0.15) is 17.5 Å². The number of ether oxygens (including phenoxy) is 3. The Morgan fingerprint density at radius 3 is 1.97 bits per heavy atom. The molecule has 154 valence electrons. The smallest absolute Gasteiger partial charge is 0.413 e. The van der Waals surface area contributed by atoms with Gasteiger partial charge in [-0.1, -0.05) is 36.4 Å². The van der Waals surface area contributed by atoms with Crippen molar-refractivity contribution in [2.75, 3.05) is 13.2 Å².